The number of aromatic nitrogens is 1. The topological polar surface area (TPSA) is 65.8 Å². The van der Waals surface area contributed by atoms with Crippen LogP contribution in [0.1, 0.15) is 0 Å². The van der Waals surface area contributed by atoms with Crippen molar-refractivity contribution in [3.63, 3.8) is 0 Å². The van der Waals surface area contributed by atoms with Gasteiger partial charge in [-0.3, -0.25) is 0 Å². The highest BCUT2D eigenvalue weighted by molar-refractivity contribution is 5.70. The summed E-state index contributed by atoms with van der Waals surface area (Å²) in [7, 11) is 6.47. The molecular formula is C13H16N2O4. The van der Waals surface area contributed by atoms with Gasteiger partial charge in [0.25, 0.3) is 6.01 Å². The van der Waals surface area contributed by atoms with E-state index in [0.29, 0.717) is 29.0 Å². The lowest BCUT2D eigenvalue weighted by Crippen LogP contribution is -1.94. The molecule has 1 N–H and O–H groups in total. The maximum atomic E-state index is 5.54. The van der Waals surface area contributed by atoms with Gasteiger partial charge < -0.3 is 23.9 Å². The molecule has 1 aromatic carbocycles. The normalized spacial score (nSPS) is 10.1. The average molecular weight is 264 g/mol. The number of rotatable bonds is 5. The highest BCUT2D eigenvalue weighted by atomic mass is 16.5. The SMILES string of the molecule is CNc1ncc(-c2cc(OC)c(OC)cc2OC)o1. The van der Waals surface area contributed by atoms with Gasteiger partial charge in [0, 0.05) is 13.1 Å². The quantitative estimate of drug-likeness (QED) is 0.894. The van der Waals surface area contributed by atoms with Crippen molar-refractivity contribution in [3.8, 4) is 28.6 Å². The Bertz CT molecular complexity index is 566. The molecular weight excluding hydrogens is 248 g/mol. The van der Waals surface area contributed by atoms with E-state index >= 15 is 0 Å². The van der Waals surface area contributed by atoms with E-state index in [-0.39, 0.29) is 0 Å². The van der Waals surface area contributed by atoms with Crippen LogP contribution in [0.3, 0.4) is 0 Å². The second-order valence-electron chi connectivity index (χ2n) is 3.69. The zero-order valence-corrected chi connectivity index (χ0v) is 11.3. The molecule has 1 heterocycles. The van der Waals surface area contributed by atoms with Crippen molar-refractivity contribution in [2.45, 2.75) is 0 Å². The Labute approximate surface area is 111 Å². The van der Waals surface area contributed by atoms with Crippen molar-refractivity contribution in [2.75, 3.05) is 33.7 Å². The van der Waals surface area contributed by atoms with Crippen LogP contribution in [-0.4, -0.2) is 33.4 Å². The van der Waals surface area contributed by atoms with Crippen LogP contribution in [-0.2, 0) is 0 Å². The van der Waals surface area contributed by atoms with E-state index in [0.717, 1.165) is 5.56 Å². The van der Waals surface area contributed by atoms with Crippen molar-refractivity contribution in [1.29, 1.82) is 0 Å². The number of hydrogen-bond acceptors (Lipinski definition) is 6. The smallest absolute Gasteiger partial charge is 0.294 e. The van der Waals surface area contributed by atoms with Gasteiger partial charge in [0.2, 0.25) is 0 Å². The fourth-order valence-electron chi connectivity index (χ4n) is 1.74. The highest BCUT2D eigenvalue weighted by Gasteiger charge is 2.16. The number of methoxy groups -OCH3 is 3. The van der Waals surface area contributed by atoms with E-state index in [9.17, 15) is 0 Å². The molecule has 0 atom stereocenters. The van der Waals surface area contributed by atoms with Crippen LogP contribution in [0.4, 0.5) is 6.01 Å². The van der Waals surface area contributed by atoms with Crippen molar-refractivity contribution in [3.05, 3.63) is 18.3 Å². The number of nitrogens with one attached hydrogen (secondary N) is 1. The number of benzene rings is 1. The van der Waals surface area contributed by atoms with Crippen molar-refractivity contribution in [2.24, 2.45) is 0 Å². The number of hydrogen-bond donors (Lipinski definition) is 1. The Morgan fingerprint density at radius 1 is 1.00 bits per heavy atom. The number of oxazole rings is 1. The van der Waals surface area contributed by atoms with Crippen LogP contribution >= 0.6 is 0 Å². The Balaban J connectivity index is 2.54. The van der Waals surface area contributed by atoms with E-state index in [1.165, 1.54) is 0 Å². The van der Waals surface area contributed by atoms with Gasteiger partial charge >= 0.3 is 0 Å². The van der Waals surface area contributed by atoms with Crippen LogP contribution in [0, 0.1) is 0 Å². The number of nitrogens with zero attached hydrogens (tertiary/aromatic N) is 1. The van der Waals surface area contributed by atoms with Crippen molar-refractivity contribution in [1.82, 2.24) is 4.98 Å². The average Bonchev–Trinajstić information content (AvgIpc) is 2.94. The standard InChI is InChI=1S/C13H16N2O4/c1-14-13-15-7-12(19-13)8-5-10(17-3)11(18-4)6-9(8)16-2/h5-7H,1-4H3,(H,14,15). The Morgan fingerprint density at radius 2 is 1.63 bits per heavy atom. The molecule has 0 radical (unpaired) electrons. The van der Waals surface area contributed by atoms with Crippen LogP contribution in [0.2, 0.25) is 0 Å². The summed E-state index contributed by atoms with van der Waals surface area (Å²) in [6, 6.07) is 3.97. The third kappa shape index (κ3) is 2.42. The molecule has 0 bridgehead atoms. The van der Waals surface area contributed by atoms with E-state index in [4.69, 9.17) is 18.6 Å². The second kappa shape index (κ2) is 5.51. The fourth-order valence-corrected chi connectivity index (χ4v) is 1.74. The first-order valence-corrected chi connectivity index (χ1v) is 5.67. The third-order valence-corrected chi connectivity index (χ3v) is 2.69. The molecule has 0 unspecified atom stereocenters. The maximum absolute atomic E-state index is 5.54. The minimum atomic E-state index is 0.437. The predicted molar refractivity (Wildman–Crippen MR) is 71.1 cm³/mol. The second-order valence-corrected chi connectivity index (χ2v) is 3.69. The molecule has 0 fully saturated rings. The number of ether oxygens (including phenoxy) is 3. The van der Waals surface area contributed by atoms with E-state index < -0.39 is 0 Å². The van der Waals surface area contributed by atoms with Crippen LogP contribution in [0.5, 0.6) is 17.2 Å². The summed E-state index contributed by atoms with van der Waals surface area (Å²) in [5, 5.41) is 2.83. The molecule has 1 aromatic heterocycles. The summed E-state index contributed by atoms with van der Waals surface area (Å²) >= 11 is 0. The largest absolute Gasteiger partial charge is 0.496 e. The maximum Gasteiger partial charge on any atom is 0.294 e. The Morgan fingerprint density at radius 3 is 2.16 bits per heavy atom. The van der Waals surface area contributed by atoms with Gasteiger partial charge in [0.15, 0.2) is 17.3 Å². The van der Waals surface area contributed by atoms with Gasteiger partial charge in [-0.05, 0) is 6.07 Å². The zero-order chi connectivity index (χ0) is 13.8. The van der Waals surface area contributed by atoms with Crippen LogP contribution in [0.15, 0.2) is 22.7 Å². The molecule has 102 valence electrons. The van der Waals surface area contributed by atoms with Crippen LogP contribution < -0.4 is 19.5 Å². The molecule has 0 aliphatic heterocycles. The molecule has 0 saturated carbocycles. The van der Waals surface area contributed by atoms with E-state index in [2.05, 4.69) is 10.3 Å². The van der Waals surface area contributed by atoms with Crippen molar-refractivity contribution < 1.29 is 18.6 Å². The molecule has 0 spiro atoms. The van der Waals surface area contributed by atoms with Gasteiger partial charge in [0.05, 0.1) is 33.1 Å². The minimum absolute atomic E-state index is 0.437. The lowest BCUT2D eigenvalue weighted by molar-refractivity contribution is 0.349. The number of anilines is 1. The van der Waals surface area contributed by atoms with Gasteiger partial charge in [0.1, 0.15) is 5.75 Å². The monoisotopic (exact) mass is 264 g/mol. The van der Waals surface area contributed by atoms with Crippen molar-refractivity contribution >= 4 is 6.01 Å². The first kappa shape index (κ1) is 13.1. The molecule has 2 rings (SSSR count). The summed E-state index contributed by atoms with van der Waals surface area (Å²) in [4.78, 5) is 4.08. The molecule has 6 heteroatoms. The van der Waals surface area contributed by atoms with Gasteiger partial charge in [-0.25, -0.2) is 4.98 Å². The molecule has 19 heavy (non-hydrogen) atoms. The minimum Gasteiger partial charge on any atom is -0.496 e. The molecule has 0 aliphatic carbocycles. The van der Waals surface area contributed by atoms with Gasteiger partial charge in [-0.2, -0.15) is 0 Å². The third-order valence-electron chi connectivity index (χ3n) is 2.69. The zero-order valence-electron chi connectivity index (χ0n) is 11.3. The summed E-state index contributed by atoms with van der Waals surface area (Å²) in [5.41, 5.74) is 0.745. The summed E-state index contributed by atoms with van der Waals surface area (Å²) < 4.78 is 21.4. The molecule has 0 aliphatic rings. The Kier molecular flexibility index (Phi) is 3.79. The summed E-state index contributed by atoms with van der Waals surface area (Å²) in [6.45, 7) is 0. The van der Waals surface area contributed by atoms with Gasteiger partial charge in [-0.15, -0.1) is 0 Å². The molecule has 6 nitrogen and oxygen atoms in total. The molecule has 0 saturated heterocycles. The fraction of sp³-hybridized carbons (Fsp3) is 0.308. The van der Waals surface area contributed by atoms with E-state index in [1.54, 1.807) is 46.7 Å². The first-order chi connectivity index (χ1) is 9.23. The first-order valence-electron chi connectivity index (χ1n) is 5.67. The van der Waals surface area contributed by atoms with E-state index in [1.807, 2.05) is 0 Å². The molecule has 2 aromatic rings. The Hall–Kier alpha value is -2.37. The lowest BCUT2D eigenvalue weighted by Gasteiger charge is -2.12. The summed E-state index contributed by atoms with van der Waals surface area (Å²) in [5.74, 6) is 2.40. The summed E-state index contributed by atoms with van der Waals surface area (Å²) in [6.07, 6.45) is 1.62. The molecule has 0 amide bonds. The van der Waals surface area contributed by atoms with Crippen LogP contribution in [0.25, 0.3) is 11.3 Å². The predicted octanol–water partition coefficient (Wildman–Crippen LogP) is 2.41. The lowest BCUT2D eigenvalue weighted by atomic mass is 10.1. The van der Waals surface area contributed by atoms with Gasteiger partial charge in [-0.1, -0.05) is 0 Å². The highest BCUT2D eigenvalue weighted by Crippen LogP contribution is 2.40.